The van der Waals surface area contributed by atoms with Crippen molar-refractivity contribution in [2.24, 2.45) is 0 Å². The molecular formula is C26H30N6O3. The minimum Gasteiger partial charge on any atom is -0.493 e. The zero-order valence-corrected chi connectivity index (χ0v) is 20.2. The van der Waals surface area contributed by atoms with E-state index in [4.69, 9.17) is 14.6 Å². The molecule has 1 saturated heterocycles. The molecule has 2 aliphatic heterocycles. The highest BCUT2D eigenvalue weighted by molar-refractivity contribution is 5.95. The number of benzene rings is 1. The zero-order chi connectivity index (χ0) is 24.4. The highest BCUT2D eigenvalue weighted by Gasteiger charge is 2.33. The molecule has 0 aliphatic carbocycles. The molecule has 9 heteroatoms. The van der Waals surface area contributed by atoms with Gasteiger partial charge in [0.05, 0.1) is 12.8 Å². The van der Waals surface area contributed by atoms with E-state index in [1.807, 2.05) is 37.3 Å². The first-order valence-electron chi connectivity index (χ1n) is 12.0. The van der Waals surface area contributed by atoms with Gasteiger partial charge in [0.1, 0.15) is 12.4 Å². The van der Waals surface area contributed by atoms with E-state index in [0.29, 0.717) is 36.2 Å². The van der Waals surface area contributed by atoms with Crippen LogP contribution in [-0.4, -0.2) is 52.7 Å². The van der Waals surface area contributed by atoms with Crippen LogP contribution < -0.4 is 19.7 Å². The van der Waals surface area contributed by atoms with Gasteiger partial charge in [0.25, 0.3) is 0 Å². The molecule has 1 N–H and O–H groups in total. The number of carbonyl (C=O) groups is 1. The Morgan fingerprint density at radius 1 is 1.11 bits per heavy atom. The maximum atomic E-state index is 12.8. The van der Waals surface area contributed by atoms with Crippen LogP contribution >= 0.6 is 0 Å². The maximum absolute atomic E-state index is 12.8. The Morgan fingerprint density at radius 3 is 2.60 bits per heavy atom. The number of hydrogen-bond acceptors (Lipinski definition) is 7. The quantitative estimate of drug-likeness (QED) is 0.517. The average Bonchev–Trinajstić information content (AvgIpc) is 3.23. The molecule has 2 aliphatic rings. The van der Waals surface area contributed by atoms with Gasteiger partial charge in [-0.1, -0.05) is 18.7 Å². The molecule has 1 aromatic carbocycles. The first-order valence-corrected chi connectivity index (χ1v) is 12.0. The number of rotatable bonds is 7. The molecule has 2 aromatic heterocycles. The van der Waals surface area contributed by atoms with Crippen LogP contribution in [0.5, 0.6) is 11.5 Å². The minimum absolute atomic E-state index is 0.0764. The number of anilines is 2. The van der Waals surface area contributed by atoms with Gasteiger partial charge in [-0.15, -0.1) is 10.2 Å². The molecule has 1 unspecified atom stereocenters. The summed E-state index contributed by atoms with van der Waals surface area (Å²) in [6, 6.07) is 9.65. The maximum Gasteiger partial charge on any atom is 0.226 e. The molecule has 0 radical (unpaired) electrons. The lowest BCUT2D eigenvalue weighted by atomic mass is 9.85. The van der Waals surface area contributed by atoms with E-state index < -0.39 is 0 Å². The topological polar surface area (TPSA) is 94.4 Å². The van der Waals surface area contributed by atoms with E-state index in [0.717, 1.165) is 35.7 Å². The summed E-state index contributed by atoms with van der Waals surface area (Å²) in [6.07, 6.45) is 5.61. The lowest BCUT2D eigenvalue weighted by Crippen LogP contribution is -2.30. The van der Waals surface area contributed by atoms with Crippen molar-refractivity contribution in [3.8, 4) is 17.3 Å². The number of carbonyl (C=O) groups excluding carboxylic acids is 1. The van der Waals surface area contributed by atoms with E-state index in [-0.39, 0.29) is 11.8 Å². The smallest absolute Gasteiger partial charge is 0.226 e. The monoisotopic (exact) mass is 474 g/mol. The molecule has 1 fully saturated rings. The van der Waals surface area contributed by atoms with Crippen LogP contribution in [0.1, 0.15) is 48.4 Å². The summed E-state index contributed by atoms with van der Waals surface area (Å²) in [5.74, 6) is 3.08. The number of nitrogens with one attached hydrogen (secondary N) is 1. The second-order valence-electron chi connectivity index (χ2n) is 8.87. The van der Waals surface area contributed by atoms with Gasteiger partial charge < -0.3 is 19.7 Å². The number of amides is 1. The molecular weight excluding hydrogens is 444 g/mol. The predicted molar refractivity (Wildman–Crippen MR) is 134 cm³/mol. The van der Waals surface area contributed by atoms with Crippen molar-refractivity contribution in [2.45, 2.75) is 38.5 Å². The number of hydrogen-bond donors (Lipinski definition) is 1. The van der Waals surface area contributed by atoms with Gasteiger partial charge in [-0.05, 0) is 56.0 Å². The third-order valence-corrected chi connectivity index (χ3v) is 6.58. The van der Waals surface area contributed by atoms with Gasteiger partial charge >= 0.3 is 0 Å². The molecule has 4 heterocycles. The molecule has 0 bridgehead atoms. The van der Waals surface area contributed by atoms with Crippen molar-refractivity contribution in [3.63, 3.8) is 0 Å². The summed E-state index contributed by atoms with van der Waals surface area (Å²) in [5.41, 5.74) is 2.75. The Balaban J connectivity index is 1.49. The molecule has 182 valence electrons. The third-order valence-electron chi connectivity index (χ3n) is 6.58. The van der Waals surface area contributed by atoms with Gasteiger partial charge in [-0.2, -0.15) is 9.78 Å². The van der Waals surface area contributed by atoms with E-state index in [9.17, 15) is 4.79 Å². The second kappa shape index (κ2) is 9.77. The Bertz CT molecular complexity index is 1230. The molecule has 0 saturated carbocycles. The van der Waals surface area contributed by atoms with Crippen LogP contribution in [0.4, 0.5) is 11.6 Å². The summed E-state index contributed by atoms with van der Waals surface area (Å²) in [5, 5.41) is 16.6. The molecule has 35 heavy (non-hydrogen) atoms. The van der Waals surface area contributed by atoms with Crippen molar-refractivity contribution < 1.29 is 14.3 Å². The van der Waals surface area contributed by atoms with Gasteiger partial charge in [0.15, 0.2) is 23.1 Å². The van der Waals surface area contributed by atoms with Crippen molar-refractivity contribution in [3.05, 3.63) is 59.8 Å². The zero-order valence-electron chi connectivity index (χ0n) is 20.2. The van der Waals surface area contributed by atoms with E-state index >= 15 is 0 Å². The molecule has 5 rings (SSSR count). The van der Waals surface area contributed by atoms with Crippen molar-refractivity contribution in [1.82, 2.24) is 20.0 Å². The van der Waals surface area contributed by atoms with Crippen LogP contribution in [0.15, 0.2) is 43.0 Å². The average molecular weight is 475 g/mol. The lowest BCUT2D eigenvalue weighted by Gasteiger charge is -2.27. The summed E-state index contributed by atoms with van der Waals surface area (Å²) >= 11 is 0. The Hall–Kier alpha value is -3.88. The standard InChI is InChI=1S/C26H30N6O3/c1-4-14-35-20-9-8-18(15-21(20)34-3)19-16-24(33)27-26-25(19)17(2)30-32(26)23-11-10-22(28-29-23)31-12-6-5-7-13-31/h4,8-11,15,19H,1,5-7,12-14,16H2,2-3H3,(H,27,33). The minimum atomic E-state index is -0.171. The highest BCUT2D eigenvalue weighted by Crippen LogP contribution is 2.42. The van der Waals surface area contributed by atoms with Crippen LogP contribution in [0, 0.1) is 6.92 Å². The van der Waals surface area contributed by atoms with Crippen LogP contribution in [0.25, 0.3) is 5.82 Å². The summed E-state index contributed by atoms with van der Waals surface area (Å²) < 4.78 is 12.9. The predicted octanol–water partition coefficient (Wildman–Crippen LogP) is 4.01. The summed E-state index contributed by atoms with van der Waals surface area (Å²) in [7, 11) is 1.61. The number of ether oxygens (including phenoxy) is 2. The van der Waals surface area contributed by atoms with E-state index in [1.165, 1.54) is 19.3 Å². The fourth-order valence-electron chi connectivity index (χ4n) is 4.89. The second-order valence-corrected chi connectivity index (χ2v) is 8.87. The number of methoxy groups -OCH3 is 1. The molecule has 0 spiro atoms. The van der Waals surface area contributed by atoms with Crippen LogP contribution in [0.3, 0.4) is 0 Å². The van der Waals surface area contributed by atoms with Crippen LogP contribution in [-0.2, 0) is 4.79 Å². The van der Waals surface area contributed by atoms with Crippen LogP contribution in [0.2, 0.25) is 0 Å². The Morgan fingerprint density at radius 2 is 1.89 bits per heavy atom. The Labute approximate surface area is 204 Å². The molecule has 1 atom stereocenters. The third kappa shape index (κ3) is 4.45. The van der Waals surface area contributed by atoms with Gasteiger partial charge in [0.2, 0.25) is 5.91 Å². The van der Waals surface area contributed by atoms with Crippen molar-refractivity contribution in [2.75, 3.05) is 37.0 Å². The van der Waals surface area contributed by atoms with Crippen molar-refractivity contribution in [1.29, 1.82) is 0 Å². The Kier molecular flexibility index (Phi) is 6.39. The van der Waals surface area contributed by atoms with E-state index in [2.05, 4.69) is 27.0 Å². The first-order chi connectivity index (χ1) is 17.1. The number of aryl methyl sites for hydroxylation is 1. The largest absolute Gasteiger partial charge is 0.493 e. The van der Waals surface area contributed by atoms with E-state index in [1.54, 1.807) is 17.9 Å². The SMILES string of the molecule is C=CCOc1ccc(C2CC(=O)Nc3c2c(C)nn3-c2ccc(N3CCCCC3)nn2)cc1OC. The first kappa shape index (κ1) is 22.9. The van der Waals surface area contributed by atoms with Gasteiger partial charge in [0, 0.05) is 31.0 Å². The fourth-order valence-corrected chi connectivity index (χ4v) is 4.89. The van der Waals surface area contributed by atoms with Gasteiger partial charge in [-0.3, -0.25) is 4.79 Å². The molecule has 1 amide bonds. The summed E-state index contributed by atoms with van der Waals surface area (Å²) in [4.78, 5) is 15.0. The van der Waals surface area contributed by atoms with Gasteiger partial charge in [-0.25, -0.2) is 0 Å². The number of aromatic nitrogens is 4. The fraction of sp³-hybridized carbons (Fsp3) is 0.385. The normalized spacial score (nSPS) is 17.5. The number of fused-ring (bicyclic) bond motifs is 1. The summed E-state index contributed by atoms with van der Waals surface area (Å²) in [6.45, 7) is 8.03. The van der Waals surface area contributed by atoms with Crippen molar-refractivity contribution >= 4 is 17.5 Å². The molecule has 3 aromatic rings. The number of piperidine rings is 1. The lowest BCUT2D eigenvalue weighted by molar-refractivity contribution is -0.116. The molecule has 9 nitrogen and oxygen atoms in total. The number of nitrogens with zero attached hydrogens (tertiary/aromatic N) is 5. The highest BCUT2D eigenvalue weighted by atomic mass is 16.5.